The van der Waals surface area contributed by atoms with Crippen molar-refractivity contribution in [3.63, 3.8) is 0 Å². The molecular weight excluding hydrogens is 388 g/mol. The van der Waals surface area contributed by atoms with Gasteiger partial charge in [-0.05, 0) is 32.1 Å². The van der Waals surface area contributed by atoms with Gasteiger partial charge in [0.2, 0.25) is 0 Å². The van der Waals surface area contributed by atoms with Crippen LogP contribution in [0.2, 0.25) is 0 Å². The predicted octanol–water partition coefficient (Wildman–Crippen LogP) is 7.91. The van der Waals surface area contributed by atoms with Crippen molar-refractivity contribution in [2.24, 2.45) is 0 Å². The largest absolute Gasteiger partial charge is 0.461 e. The number of hydrogen-bond donors (Lipinski definition) is 0. The van der Waals surface area contributed by atoms with E-state index in [1.807, 2.05) is 0 Å². The number of esters is 1. The van der Waals surface area contributed by atoms with Crippen LogP contribution in [0.15, 0.2) is 24.3 Å². The van der Waals surface area contributed by atoms with E-state index in [1.54, 1.807) is 0 Å². The van der Waals surface area contributed by atoms with Crippen molar-refractivity contribution in [1.29, 1.82) is 0 Å². The Morgan fingerprint density at radius 1 is 0.885 bits per heavy atom. The molecule has 152 valence electrons. The van der Waals surface area contributed by atoms with E-state index in [2.05, 4.69) is 54.1 Å². The molecule has 0 heterocycles. The van der Waals surface area contributed by atoms with Crippen LogP contribution in [0, 0.1) is 0 Å². The van der Waals surface area contributed by atoms with Gasteiger partial charge in [-0.2, -0.15) is 0 Å². The molecule has 0 amide bonds. The Morgan fingerprint density at radius 2 is 1.50 bits per heavy atom. The first-order valence-electron chi connectivity index (χ1n) is 10.7. The molecule has 0 fully saturated rings. The summed E-state index contributed by atoms with van der Waals surface area (Å²) in [4.78, 5) is 11.5. The minimum absolute atomic E-state index is 0.0621. The topological polar surface area (TPSA) is 26.3 Å². The van der Waals surface area contributed by atoms with Gasteiger partial charge in [0.15, 0.2) is 0 Å². The van der Waals surface area contributed by atoms with Gasteiger partial charge in [0.1, 0.15) is 6.10 Å². The summed E-state index contributed by atoms with van der Waals surface area (Å²) < 4.78 is 5.52. The van der Waals surface area contributed by atoms with Gasteiger partial charge in [0, 0.05) is 6.92 Å². The van der Waals surface area contributed by atoms with Gasteiger partial charge in [-0.25, -0.2) is 0 Å². The molecule has 0 unspecified atom stereocenters. The highest BCUT2D eigenvalue weighted by Crippen LogP contribution is 2.19. The quantitative estimate of drug-likeness (QED) is 0.102. The minimum atomic E-state index is -0.188. The Hall–Kier alpha value is -0.570. The van der Waals surface area contributed by atoms with Crippen LogP contribution in [0.5, 0.6) is 0 Å². The molecule has 0 aromatic rings. The summed E-state index contributed by atoms with van der Waals surface area (Å²) in [5, 5.41) is 0. The van der Waals surface area contributed by atoms with Gasteiger partial charge >= 0.3 is 5.97 Å². The van der Waals surface area contributed by atoms with E-state index in [0.717, 1.165) is 19.3 Å². The third-order valence-electron chi connectivity index (χ3n) is 4.50. The summed E-state index contributed by atoms with van der Waals surface area (Å²) in [7, 11) is 0. The zero-order chi connectivity index (χ0) is 19.5. The van der Waals surface area contributed by atoms with E-state index >= 15 is 0 Å². The van der Waals surface area contributed by atoms with Crippen molar-refractivity contribution < 1.29 is 9.53 Å². The molecule has 0 aromatic carbocycles. The van der Waals surface area contributed by atoms with Crippen molar-refractivity contribution in [2.45, 2.75) is 115 Å². The van der Waals surface area contributed by atoms with E-state index in [1.165, 1.54) is 71.1 Å². The molecule has 0 aliphatic rings. The third kappa shape index (κ3) is 16.9. The number of hydrogen-bond acceptors (Lipinski definition) is 2. The molecule has 0 saturated carbocycles. The summed E-state index contributed by atoms with van der Waals surface area (Å²) in [5.41, 5.74) is 0. The second-order valence-corrected chi connectivity index (χ2v) is 8.19. The highest BCUT2D eigenvalue weighted by atomic mass is 79.9. The molecule has 0 aromatic heterocycles. The van der Waals surface area contributed by atoms with Crippen molar-refractivity contribution >= 4 is 21.9 Å². The van der Waals surface area contributed by atoms with E-state index in [-0.39, 0.29) is 16.9 Å². The van der Waals surface area contributed by atoms with Crippen molar-refractivity contribution in [3.05, 3.63) is 24.3 Å². The Balaban J connectivity index is 4.07. The smallest absolute Gasteiger partial charge is 0.302 e. The standard InChI is InChI=1S/C23H41BrO2/c1-4-6-8-10-12-14-15-17-19-22(24)23(26-21(3)25)20-18-16-13-11-9-7-5-2/h12,14,17,19,22-23H,4-11,13,15-16,18,20H2,1-3H3/b14-12-,19-17-/t22-,23+/m1/s1. The van der Waals surface area contributed by atoms with Crippen molar-refractivity contribution in [3.8, 4) is 0 Å². The number of ether oxygens (including phenoxy) is 1. The summed E-state index contributed by atoms with van der Waals surface area (Å²) in [6.45, 7) is 5.98. The Labute approximate surface area is 171 Å². The fourth-order valence-corrected chi connectivity index (χ4v) is 3.52. The highest BCUT2D eigenvalue weighted by molar-refractivity contribution is 9.09. The summed E-state index contributed by atoms with van der Waals surface area (Å²) in [6.07, 6.45) is 24.6. The summed E-state index contributed by atoms with van der Waals surface area (Å²) >= 11 is 3.69. The summed E-state index contributed by atoms with van der Waals surface area (Å²) in [5.74, 6) is -0.188. The summed E-state index contributed by atoms with van der Waals surface area (Å²) in [6, 6.07) is 0. The molecule has 0 radical (unpaired) electrons. The second kappa shape index (κ2) is 19.2. The van der Waals surface area contributed by atoms with Crippen molar-refractivity contribution in [2.75, 3.05) is 0 Å². The lowest BCUT2D eigenvalue weighted by atomic mass is 10.0. The fraction of sp³-hybridized carbons (Fsp3) is 0.783. The second-order valence-electron chi connectivity index (χ2n) is 7.13. The van der Waals surface area contributed by atoms with Gasteiger partial charge in [-0.15, -0.1) is 0 Å². The van der Waals surface area contributed by atoms with Crippen LogP contribution >= 0.6 is 15.9 Å². The van der Waals surface area contributed by atoms with E-state index in [4.69, 9.17) is 4.74 Å². The van der Waals surface area contributed by atoms with Crippen LogP contribution in [0.4, 0.5) is 0 Å². The number of halogens is 1. The van der Waals surface area contributed by atoms with Crippen LogP contribution in [0.25, 0.3) is 0 Å². The van der Waals surface area contributed by atoms with Gasteiger partial charge < -0.3 is 4.74 Å². The Bertz CT molecular complexity index is 376. The number of carbonyl (C=O) groups is 1. The first-order chi connectivity index (χ1) is 12.6. The van der Waals surface area contributed by atoms with Gasteiger partial charge in [-0.1, -0.05) is 105 Å². The zero-order valence-corrected chi connectivity index (χ0v) is 18.9. The van der Waals surface area contributed by atoms with E-state index in [9.17, 15) is 4.79 Å². The SMILES string of the molecule is CCCCC/C=C\C/C=C\[C@@H](Br)[C@H](CCCCCCCCC)OC(C)=O. The van der Waals surface area contributed by atoms with Crippen LogP contribution in [0.3, 0.4) is 0 Å². The molecule has 2 atom stereocenters. The maximum atomic E-state index is 11.4. The highest BCUT2D eigenvalue weighted by Gasteiger charge is 2.19. The normalized spacial score (nSPS) is 14.2. The minimum Gasteiger partial charge on any atom is -0.461 e. The van der Waals surface area contributed by atoms with Gasteiger partial charge in [0.05, 0.1) is 4.83 Å². The average Bonchev–Trinajstić information content (AvgIpc) is 2.61. The molecule has 0 aliphatic heterocycles. The van der Waals surface area contributed by atoms with E-state index < -0.39 is 0 Å². The number of alkyl halides is 1. The molecule has 0 aliphatic carbocycles. The molecule has 3 heteroatoms. The molecule has 2 nitrogen and oxygen atoms in total. The molecule has 26 heavy (non-hydrogen) atoms. The molecule has 0 spiro atoms. The lowest BCUT2D eigenvalue weighted by Gasteiger charge is -2.20. The van der Waals surface area contributed by atoms with Crippen molar-refractivity contribution in [1.82, 2.24) is 0 Å². The molecule has 0 bridgehead atoms. The number of allylic oxidation sites excluding steroid dienone is 3. The third-order valence-corrected chi connectivity index (χ3v) is 5.39. The first-order valence-corrected chi connectivity index (χ1v) is 11.7. The van der Waals surface area contributed by atoms with Crippen LogP contribution in [-0.4, -0.2) is 16.9 Å². The predicted molar refractivity (Wildman–Crippen MR) is 118 cm³/mol. The average molecular weight is 429 g/mol. The fourth-order valence-electron chi connectivity index (χ4n) is 2.94. The number of unbranched alkanes of at least 4 members (excludes halogenated alkanes) is 9. The van der Waals surface area contributed by atoms with Crippen LogP contribution < -0.4 is 0 Å². The maximum absolute atomic E-state index is 11.4. The maximum Gasteiger partial charge on any atom is 0.302 e. The number of rotatable bonds is 17. The monoisotopic (exact) mass is 428 g/mol. The van der Waals surface area contributed by atoms with Crippen LogP contribution in [0.1, 0.15) is 104 Å². The lowest BCUT2D eigenvalue weighted by molar-refractivity contribution is -0.146. The van der Waals surface area contributed by atoms with Gasteiger partial charge in [-0.3, -0.25) is 4.79 Å². The molecular formula is C23H41BrO2. The Kier molecular flexibility index (Phi) is 18.8. The number of carbonyl (C=O) groups excluding carboxylic acids is 1. The first kappa shape index (κ1) is 25.4. The van der Waals surface area contributed by atoms with Gasteiger partial charge in [0.25, 0.3) is 0 Å². The molecule has 0 saturated heterocycles. The Morgan fingerprint density at radius 3 is 2.15 bits per heavy atom. The van der Waals surface area contributed by atoms with Crippen LogP contribution in [-0.2, 0) is 9.53 Å². The lowest BCUT2D eigenvalue weighted by Crippen LogP contribution is -2.25. The molecule has 0 N–H and O–H groups in total. The zero-order valence-electron chi connectivity index (χ0n) is 17.4. The van der Waals surface area contributed by atoms with E-state index in [0.29, 0.717) is 0 Å². The molecule has 0 rings (SSSR count).